The van der Waals surface area contributed by atoms with Crippen LogP contribution < -0.4 is 5.46 Å². The van der Waals surface area contributed by atoms with E-state index in [1.807, 2.05) is 6.07 Å². The predicted octanol–water partition coefficient (Wildman–Crippen LogP) is 3.96. The third-order valence-corrected chi connectivity index (χ3v) is 4.80. The van der Waals surface area contributed by atoms with Crippen LogP contribution in [0.3, 0.4) is 0 Å². The molecule has 1 aliphatic heterocycles. The fourth-order valence-electron chi connectivity index (χ4n) is 2.73. The third kappa shape index (κ3) is 2.60. The van der Waals surface area contributed by atoms with Crippen molar-refractivity contribution in [3.05, 3.63) is 54.1 Å². The minimum absolute atomic E-state index is 0.324. The standard InChI is InChI=1S/C19H23BO2/c1-14-11-12-16(15-9-7-6-8-10-15)17(13-14)20-21-18(2,3)19(4,5)22-20/h6-13H,1-5H3. The molecule has 3 rings (SSSR count). The van der Waals surface area contributed by atoms with E-state index in [0.29, 0.717) is 0 Å². The summed E-state index contributed by atoms with van der Waals surface area (Å²) >= 11 is 0. The summed E-state index contributed by atoms with van der Waals surface area (Å²) < 4.78 is 12.5. The summed E-state index contributed by atoms with van der Waals surface area (Å²) in [5, 5.41) is 0. The van der Waals surface area contributed by atoms with Gasteiger partial charge in [-0.2, -0.15) is 0 Å². The maximum atomic E-state index is 6.25. The van der Waals surface area contributed by atoms with E-state index in [1.54, 1.807) is 0 Å². The second-order valence-electron chi connectivity index (χ2n) is 7.04. The molecule has 0 bridgehead atoms. The van der Waals surface area contributed by atoms with Crippen molar-refractivity contribution in [1.82, 2.24) is 0 Å². The summed E-state index contributed by atoms with van der Waals surface area (Å²) in [4.78, 5) is 0. The van der Waals surface area contributed by atoms with E-state index < -0.39 is 0 Å². The first-order valence-corrected chi connectivity index (χ1v) is 7.82. The first kappa shape index (κ1) is 15.3. The first-order chi connectivity index (χ1) is 10.3. The van der Waals surface area contributed by atoms with Crippen molar-refractivity contribution in [1.29, 1.82) is 0 Å². The number of hydrogen-bond acceptors (Lipinski definition) is 2. The van der Waals surface area contributed by atoms with Crippen LogP contribution >= 0.6 is 0 Å². The van der Waals surface area contributed by atoms with Gasteiger partial charge in [-0.15, -0.1) is 0 Å². The van der Waals surface area contributed by atoms with Gasteiger partial charge in [0.2, 0.25) is 0 Å². The lowest BCUT2D eigenvalue weighted by Crippen LogP contribution is -2.41. The highest BCUT2D eigenvalue weighted by Crippen LogP contribution is 2.37. The van der Waals surface area contributed by atoms with Gasteiger partial charge in [-0.1, -0.05) is 54.1 Å². The average molecular weight is 294 g/mol. The molecule has 22 heavy (non-hydrogen) atoms. The van der Waals surface area contributed by atoms with Gasteiger partial charge in [0.25, 0.3) is 0 Å². The van der Waals surface area contributed by atoms with E-state index in [-0.39, 0.29) is 18.3 Å². The molecule has 2 nitrogen and oxygen atoms in total. The molecular formula is C19H23BO2. The number of benzene rings is 2. The minimum Gasteiger partial charge on any atom is -0.399 e. The fourth-order valence-corrected chi connectivity index (χ4v) is 2.73. The van der Waals surface area contributed by atoms with Crippen LogP contribution in [0, 0.1) is 6.92 Å². The van der Waals surface area contributed by atoms with Crippen LogP contribution in [0.25, 0.3) is 11.1 Å². The van der Waals surface area contributed by atoms with E-state index in [2.05, 4.69) is 77.1 Å². The predicted molar refractivity (Wildman–Crippen MR) is 92.3 cm³/mol. The lowest BCUT2D eigenvalue weighted by molar-refractivity contribution is 0.00578. The van der Waals surface area contributed by atoms with Crippen LogP contribution in [0.15, 0.2) is 48.5 Å². The van der Waals surface area contributed by atoms with Crippen molar-refractivity contribution in [3.8, 4) is 11.1 Å². The van der Waals surface area contributed by atoms with Crippen LogP contribution in [0.4, 0.5) is 0 Å². The van der Waals surface area contributed by atoms with Crippen molar-refractivity contribution < 1.29 is 9.31 Å². The van der Waals surface area contributed by atoms with Gasteiger partial charge in [0, 0.05) is 0 Å². The summed E-state index contributed by atoms with van der Waals surface area (Å²) in [5.41, 5.74) is 4.02. The van der Waals surface area contributed by atoms with Crippen molar-refractivity contribution >= 4 is 12.6 Å². The zero-order chi connectivity index (χ0) is 16.0. The Balaban J connectivity index is 2.07. The van der Waals surface area contributed by atoms with Gasteiger partial charge < -0.3 is 9.31 Å². The Labute approximate surface area is 133 Å². The quantitative estimate of drug-likeness (QED) is 0.780. The lowest BCUT2D eigenvalue weighted by atomic mass is 9.74. The highest BCUT2D eigenvalue weighted by molar-refractivity contribution is 6.63. The number of hydrogen-bond donors (Lipinski definition) is 0. The molecule has 2 aromatic rings. The van der Waals surface area contributed by atoms with Gasteiger partial charge in [-0.3, -0.25) is 0 Å². The third-order valence-electron chi connectivity index (χ3n) is 4.80. The molecule has 0 aliphatic carbocycles. The molecule has 0 radical (unpaired) electrons. The van der Waals surface area contributed by atoms with E-state index >= 15 is 0 Å². The maximum absolute atomic E-state index is 6.25. The molecule has 0 aromatic heterocycles. The molecule has 114 valence electrons. The zero-order valence-corrected chi connectivity index (χ0v) is 14.0. The smallest absolute Gasteiger partial charge is 0.399 e. The van der Waals surface area contributed by atoms with Gasteiger partial charge in [-0.25, -0.2) is 0 Å². The van der Waals surface area contributed by atoms with Crippen molar-refractivity contribution in [3.63, 3.8) is 0 Å². The lowest BCUT2D eigenvalue weighted by Gasteiger charge is -2.32. The summed E-state index contributed by atoms with van der Waals surface area (Å²) in [6.07, 6.45) is 0. The largest absolute Gasteiger partial charge is 0.495 e. The number of rotatable bonds is 2. The highest BCUT2D eigenvalue weighted by atomic mass is 16.7. The van der Waals surface area contributed by atoms with Crippen molar-refractivity contribution in [2.24, 2.45) is 0 Å². The molecule has 0 N–H and O–H groups in total. The van der Waals surface area contributed by atoms with Crippen molar-refractivity contribution in [2.45, 2.75) is 45.8 Å². The van der Waals surface area contributed by atoms with Crippen LogP contribution in [0.5, 0.6) is 0 Å². The van der Waals surface area contributed by atoms with E-state index in [0.717, 1.165) is 5.46 Å². The summed E-state index contributed by atoms with van der Waals surface area (Å²) in [6, 6.07) is 16.9. The van der Waals surface area contributed by atoms with Crippen molar-refractivity contribution in [2.75, 3.05) is 0 Å². The van der Waals surface area contributed by atoms with E-state index in [1.165, 1.54) is 16.7 Å². The Hall–Kier alpha value is -1.58. The van der Waals surface area contributed by atoms with Gasteiger partial charge in [0.05, 0.1) is 11.2 Å². The monoisotopic (exact) mass is 294 g/mol. The second-order valence-corrected chi connectivity index (χ2v) is 7.04. The second kappa shape index (κ2) is 5.25. The van der Waals surface area contributed by atoms with Crippen LogP contribution in [-0.4, -0.2) is 18.3 Å². The van der Waals surface area contributed by atoms with E-state index in [4.69, 9.17) is 9.31 Å². The average Bonchev–Trinajstić information content (AvgIpc) is 2.68. The van der Waals surface area contributed by atoms with E-state index in [9.17, 15) is 0 Å². The molecule has 1 aliphatic rings. The molecule has 0 atom stereocenters. The maximum Gasteiger partial charge on any atom is 0.495 e. The zero-order valence-electron chi connectivity index (χ0n) is 14.0. The molecule has 1 saturated heterocycles. The molecule has 0 amide bonds. The Kier molecular flexibility index (Phi) is 3.66. The molecular weight excluding hydrogens is 271 g/mol. The SMILES string of the molecule is Cc1ccc(-c2ccccc2)c(B2OC(C)(C)C(C)(C)O2)c1. The number of aryl methyl sites for hydroxylation is 1. The molecule has 2 aromatic carbocycles. The van der Waals surface area contributed by atoms with Crippen LogP contribution in [-0.2, 0) is 9.31 Å². The molecule has 1 fully saturated rings. The topological polar surface area (TPSA) is 18.5 Å². The molecule has 0 saturated carbocycles. The molecule has 1 heterocycles. The molecule has 3 heteroatoms. The van der Waals surface area contributed by atoms with Crippen LogP contribution in [0.1, 0.15) is 33.3 Å². The Morgan fingerprint density at radius 2 is 1.41 bits per heavy atom. The van der Waals surface area contributed by atoms with Gasteiger partial charge in [0.1, 0.15) is 0 Å². The van der Waals surface area contributed by atoms with Gasteiger partial charge in [0.15, 0.2) is 0 Å². The Morgan fingerprint density at radius 3 is 2.00 bits per heavy atom. The molecule has 0 spiro atoms. The minimum atomic E-state index is -0.333. The Bertz CT molecular complexity index is 661. The summed E-state index contributed by atoms with van der Waals surface area (Å²) in [7, 11) is -0.333. The fraction of sp³-hybridized carbons (Fsp3) is 0.368. The normalized spacial score (nSPS) is 19.4. The van der Waals surface area contributed by atoms with Gasteiger partial charge in [-0.05, 0) is 51.2 Å². The molecule has 0 unspecified atom stereocenters. The Morgan fingerprint density at radius 1 is 0.818 bits per heavy atom. The summed E-state index contributed by atoms with van der Waals surface area (Å²) in [5.74, 6) is 0. The van der Waals surface area contributed by atoms with Gasteiger partial charge >= 0.3 is 7.12 Å². The first-order valence-electron chi connectivity index (χ1n) is 7.82. The highest BCUT2D eigenvalue weighted by Gasteiger charge is 2.52. The van der Waals surface area contributed by atoms with Crippen LogP contribution in [0.2, 0.25) is 0 Å². The summed E-state index contributed by atoms with van der Waals surface area (Å²) in [6.45, 7) is 10.5.